The summed E-state index contributed by atoms with van der Waals surface area (Å²) in [5.74, 6) is 2.42. The minimum absolute atomic E-state index is 0.0195. The van der Waals surface area contributed by atoms with Gasteiger partial charge in [0.2, 0.25) is 0 Å². The fraction of sp³-hybridized carbons (Fsp3) is 0.889. The van der Waals surface area contributed by atoms with Gasteiger partial charge in [-0.3, -0.25) is 9.59 Å². The van der Waals surface area contributed by atoms with Crippen LogP contribution in [-0.2, 0) is 9.59 Å². The molecule has 0 unspecified atom stereocenters. The maximum absolute atomic E-state index is 14.7. The lowest BCUT2D eigenvalue weighted by Crippen LogP contribution is -2.52. The molecule has 4 aliphatic rings. The van der Waals surface area contributed by atoms with Crippen molar-refractivity contribution in [1.29, 1.82) is 0 Å². The molecule has 0 amide bonds. The van der Waals surface area contributed by atoms with Crippen LogP contribution >= 0.6 is 0 Å². The Morgan fingerprint density at radius 2 is 1.76 bits per heavy atom. The number of halogens is 1. The van der Waals surface area contributed by atoms with Crippen molar-refractivity contribution in [2.24, 2.45) is 35.0 Å². The quantitative estimate of drug-likeness (QED) is 0.682. The average molecular weight is 292 g/mol. The Kier molecular flexibility index (Phi) is 3.07. The van der Waals surface area contributed by atoms with Gasteiger partial charge in [-0.1, -0.05) is 6.92 Å². The van der Waals surface area contributed by atoms with Gasteiger partial charge < -0.3 is 0 Å². The van der Waals surface area contributed by atoms with Gasteiger partial charge in [-0.15, -0.1) is 0 Å². The van der Waals surface area contributed by atoms with Crippen molar-refractivity contribution >= 4 is 11.6 Å². The van der Waals surface area contributed by atoms with E-state index in [0.29, 0.717) is 55.1 Å². The van der Waals surface area contributed by atoms with Crippen LogP contribution in [0, 0.1) is 35.0 Å². The van der Waals surface area contributed by atoms with E-state index < -0.39 is 6.17 Å². The number of carbonyl (C=O) groups is 2. The number of fused-ring (bicyclic) bond motifs is 5. The van der Waals surface area contributed by atoms with Crippen LogP contribution in [0.5, 0.6) is 0 Å². The van der Waals surface area contributed by atoms with Crippen molar-refractivity contribution in [3.8, 4) is 0 Å². The zero-order valence-corrected chi connectivity index (χ0v) is 12.8. The fourth-order valence-corrected chi connectivity index (χ4v) is 6.38. The largest absolute Gasteiger partial charge is 0.300 e. The Morgan fingerprint density at radius 3 is 2.57 bits per heavy atom. The summed E-state index contributed by atoms with van der Waals surface area (Å²) in [4.78, 5) is 24.0. The van der Waals surface area contributed by atoms with Crippen molar-refractivity contribution < 1.29 is 14.0 Å². The summed E-state index contributed by atoms with van der Waals surface area (Å²) in [6, 6.07) is 0. The van der Waals surface area contributed by atoms with E-state index in [1.54, 1.807) is 0 Å². The number of hydrogen-bond acceptors (Lipinski definition) is 2. The molecule has 0 saturated heterocycles. The molecule has 4 saturated carbocycles. The predicted octanol–water partition coefficient (Wildman–Crippen LogP) is 3.73. The third-order valence-corrected chi connectivity index (χ3v) is 7.48. The Bertz CT molecular complexity index is 488. The maximum atomic E-state index is 14.7. The van der Waals surface area contributed by atoms with E-state index in [4.69, 9.17) is 0 Å². The third kappa shape index (κ3) is 1.88. The summed E-state index contributed by atoms with van der Waals surface area (Å²) in [6.07, 6.45) is 5.53. The standard InChI is InChI=1S/C18H25FO2/c1-18-7-6-12-11-3-2-10(20)8-14(11)16(19)9-13(12)15(18)4-5-17(18)21/h11-16H,2-9H2,1H3/t11-,12-,13-,14+,15+,16-,18+/m1/s1. The molecule has 21 heavy (non-hydrogen) atoms. The predicted molar refractivity (Wildman–Crippen MR) is 77.4 cm³/mol. The van der Waals surface area contributed by atoms with E-state index in [9.17, 15) is 14.0 Å². The van der Waals surface area contributed by atoms with Gasteiger partial charge in [-0.05, 0) is 55.8 Å². The molecule has 0 aliphatic heterocycles. The molecule has 0 spiro atoms. The maximum Gasteiger partial charge on any atom is 0.139 e. The first-order valence-corrected chi connectivity index (χ1v) is 8.70. The summed E-state index contributed by atoms with van der Waals surface area (Å²) in [7, 11) is 0. The molecule has 2 nitrogen and oxygen atoms in total. The first-order chi connectivity index (χ1) is 10.0. The van der Waals surface area contributed by atoms with Gasteiger partial charge in [0.15, 0.2) is 0 Å². The van der Waals surface area contributed by atoms with Crippen molar-refractivity contribution in [1.82, 2.24) is 0 Å². The second-order valence-corrected chi connectivity index (χ2v) is 8.21. The van der Waals surface area contributed by atoms with Gasteiger partial charge in [0.25, 0.3) is 0 Å². The molecule has 4 rings (SSSR count). The van der Waals surface area contributed by atoms with E-state index in [1.165, 1.54) is 0 Å². The molecular formula is C18H25FO2. The van der Waals surface area contributed by atoms with Crippen LogP contribution in [0.1, 0.15) is 58.3 Å². The number of ketones is 2. The van der Waals surface area contributed by atoms with Gasteiger partial charge in [-0.2, -0.15) is 0 Å². The van der Waals surface area contributed by atoms with Crippen LogP contribution in [0.2, 0.25) is 0 Å². The molecule has 3 heteroatoms. The Morgan fingerprint density at radius 1 is 1.00 bits per heavy atom. The Hall–Kier alpha value is -0.730. The van der Waals surface area contributed by atoms with E-state index in [-0.39, 0.29) is 17.1 Å². The van der Waals surface area contributed by atoms with E-state index in [1.807, 2.05) is 0 Å². The highest BCUT2D eigenvalue weighted by molar-refractivity contribution is 5.87. The number of carbonyl (C=O) groups excluding carboxylic acids is 2. The number of hydrogen-bond donors (Lipinski definition) is 0. The highest BCUT2D eigenvalue weighted by Crippen LogP contribution is 2.61. The molecular weight excluding hydrogens is 267 g/mol. The molecule has 0 aromatic rings. The van der Waals surface area contributed by atoms with Gasteiger partial charge in [0.1, 0.15) is 17.7 Å². The van der Waals surface area contributed by atoms with Crippen molar-refractivity contribution in [3.05, 3.63) is 0 Å². The zero-order valence-electron chi connectivity index (χ0n) is 12.8. The topological polar surface area (TPSA) is 34.1 Å². The summed E-state index contributed by atoms with van der Waals surface area (Å²) in [5.41, 5.74) is -0.168. The third-order valence-electron chi connectivity index (χ3n) is 7.48. The fourth-order valence-electron chi connectivity index (χ4n) is 6.38. The first-order valence-electron chi connectivity index (χ1n) is 8.70. The molecule has 4 aliphatic carbocycles. The summed E-state index contributed by atoms with van der Waals surface area (Å²) in [5, 5.41) is 0. The van der Waals surface area contributed by atoms with Gasteiger partial charge in [0.05, 0.1) is 0 Å². The van der Waals surface area contributed by atoms with E-state index in [2.05, 4.69) is 6.92 Å². The van der Waals surface area contributed by atoms with Gasteiger partial charge in [-0.25, -0.2) is 4.39 Å². The van der Waals surface area contributed by atoms with Gasteiger partial charge >= 0.3 is 0 Å². The molecule has 7 atom stereocenters. The van der Waals surface area contributed by atoms with Crippen LogP contribution in [0.15, 0.2) is 0 Å². The second kappa shape index (κ2) is 4.63. The molecule has 0 aromatic heterocycles. The van der Waals surface area contributed by atoms with Crippen LogP contribution in [0.4, 0.5) is 4.39 Å². The molecule has 0 heterocycles. The van der Waals surface area contributed by atoms with Crippen molar-refractivity contribution in [2.75, 3.05) is 0 Å². The molecule has 0 radical (unpaired) electrons. The number of Topliss-reactive ketones (excluding diaryl/α,β-unsaturated/α-hetero) is 2. The lowest BCUT2D eigenvalue weighted by molar-refractivity contribution is -0.138. The SMILES string of the molecule is C[C@]12CC[C@@H]3[C@H]4CCC(=O)C[C@@H]4[C@H](F)C[C@H]3[C@@H]1CCC2=O. The Balaban J connectivity index is 1.63. The van der Waals surface area contributed by atoms with Crippen LogP contribution in [-0.4, -0.2) is 17.7 Å². The monoisotopic (exact) mass is 292 g/mol. The second-order valence-electron chi connectivity index (χ2n) is 8.21. The zero-order chi connectivity index (χ0) is 14.8. The Labute approximate surface area is 125 Å². The van der Waals surface area contributed by atoms with Crippen molar-refractivity contribution in [2.45, 2.75) is 64.5 Å². The van der Waals surface area contributed by atoms with Crippen LogP contribution < -0.4 is 0 Å². The van der Waals surface area contributed by atoms with Crippen LogP contribution in [0.25, 0.3) is 0 Å². The van der Waals surface area contributed by atoms with Gasteiger partial charge in [0, 0.05) is 30.6 Å². The van der Waals surface area contributed by atoms with Crippen molar-refractivity contribution in [3.63, 3.8) is 0 Å². The molecule has 0 N–H and O–H groups in total. The normalized spacial score (nSPS) is 53.0. The highest BCUT2D eigenvalue weighted by Gasteiger charge is 2.58. The van der Waals surface area contributed by atoms with E-state index >= 15 is 0 Å². The summed E-state index contributed by atoms with van der Waals surface area (Å²) < 4.78 is 14.7. The number of alkyl halides is 1. The lowest BCUT2D eigenvalue weighted by Gasteiger charge is -2.54. The van der Waals surface area contributed by atoms with Crippen LogP contribution in [0.3, 0.4) is 0 Å². The molecule has 0 aromatic carbocycles. The number of rotatable bonds is 0. The smallest absolute Gasteiger partial charge is 0.139 e. The first kappa shape index (κ1) is 13.9. The average Bonchev–Trinajstić information content (AvgIpc) is 2.76. The van der Waals surface area contributed by atoms with E-state index in [0.717, 1.165) is 25.7 Å². The highest BCUT2D eigenvalue weighted by atomic mass is 19.1. The lowest BCUT2D eigenvalue weighted by atomic mass is 9.50. The summed E-state index contributed by atoms with van der Waals surface area (Å²) in [6.45, 7) is 2.13. The minimum atomic E-state index is -0.821. The molecule has 4 fully saturated rings. The molecule has 116 valence electrons. The summed E-state index contributed by atoms with van der Waals surface area (Å²) >= 11 is 0. The minimum Gasteiger partial charge on any atom is -0.300 e. The molecule has 0 bridgehead atoms.